The predicted molar refractivity (Wildman–Crippen MR) is 62.6 cm³/mol. The molecule has 1 aromatic rings. The fraction of sp³-hybridized carbons (Fsp3) is 0.636. The van der Waals surface area contributed by atoms with Crippen LogP contribution in [0.25, 0.3) is 0 Å². The molecule has 0 aromatic carbocycles. The first-order valence-electron chi connectivity index (χ1n) is 5.76. The largest absolute Gasteiger partial charge is 0.478 e. The van der Waals surface area contributed by atoms with Gasteiger partial charge in [-0.25, -0.2) is 4.98 Å². The summed E-state index contributed by atoms with van der Waals surface area (Å²) in [5.41, 5.74) is 5.85. The average Bonchev–Trinajstić information content (AvgIpc) is 2.74. The molecule has 16 heavy (non-hydrogen) atoms. The van der Waals surface area contributed by atoms with Crippen molar-refractivity contribution in [2.75, 3.05) is 24.6 Å². The maximum absolute atomic E-state index is 5.85. The first kappa shape index (κ1) is 11.1. The minimum atomic E-state index is 0.240. The minimum absolute atomic E-state index is 0.240. The van der Waals surface area contributed by atoms with Crippen molar-refractivity contribution >= 4 is 5.95 Å². The van der Waals surface area contributed by atoms with Crippen LogP contribution in [-0.2, 0) is 0 Å². The van der Waals surface area contributed by atoms with Gasteiger partial charge in [0.1, 0.15) is 0 Å². The van der Waals surface area contributed by atoms with E-state index in [9.17, 15) is 0 Å². The van der Waals surface area contributed by atoms with Gasteiger partial charge >= 0.3 is 0 Å². The Bertz CT molecular complexity index is 345. The Balaban J connectivity index is 2.04. The molecule has 0 amide bonds. The standard InChI is InChI=1S/C11H18N4O/c1-2-7-16-10-3-5-13-11(14-10)15-6-4-9(12)8-15/h3,5,9H,2,4,6-8,12H2,1H3. The molecule has 1 saturated heterocycles. The molecule has 1 aliphatic heterocycles. The van der Waals surface area contributed by atoms with Gasteiger partial charge in [-0.05, 0) is 12.8 Å². The van der Waals surface area contributed by atoms with E-state index >= 15 is 0 Å². The van der Waals surface area contributed by atoms with E-state index in [0.29, 0.717) is 12.5 Å². The van der Waals surface area contributed by atoms with Crippen LogP contribution in [0.5, 0.6) is 5.88 Å². The fourth-order valence-electron chi connectivity index (χ4n) is 1.74. The van der Waals surface area contributed by atoms with Crippen molar-refractivity contribution in [1.82, 2.24) is 9.97 Å². The van der Waals surface area contributed by atoms with Gasteiger partial charge in [0, 0.05) is 31.4 Å². The van der Waals surface area contributed by atoms with Crippen LogP contribution >= 0.6 is 0 Å². The van der Waals surface area contributed by atoms with Gasteiger partial charge in [-0.2, -0.15) is 4.98 Å². The highest BCUT2D eigenvalue weighted by Crippen LogP contribution is 2.17. The second-order valence-electron chi connectivity index (χ2n) is 4.04. The molecule has 0 saturated carbocycles. The van der Waals surface area contributed by atoms with Gasteiger partial charge < -0.3 is 15.4 Å². The summed E-state index contributed by atoms with van der Waals surface area (Å²) >= 11 is 0. The Morgan fingerprint density at radius 3 is 3.19 bits per heavy atom. The van der Waals surface area contributed by atoms with E-state index in [4.69, 9.17) is 10.5 Å². The van der Waals surface area contributed by atoms with Crippen LogP contribution in [0.4, 0.5) is 5.95 Å². The lowest BCUT2D eigenvalue weighted by atomic mass is 10.3. The van der Waals surface area contributed by atoms with E-state index in [1.807, 2.05) is 0 Å². The molecule has 2 heterocycles. The van der Waals surface area contributed by atoms with Crippen molar-refractivity contribution in [2.45, 2.75) is 25.8 Å². The van der Waals surface area contributed by atoms with Gasteiger partial charge in [0.15, 0.2) is 0 Å². The highest BCUT2D eigenvalue weighted by Gasteiger charge is 2.21. The first-order valence-corrected chi connectivity index (χ1v) is 5.76. The topological polar surface area (TPSA) is 64.3 Å². The summed E-state index contributed by atoms with van der Waals surface area (Å²) in [6.45, 7) is 4.52. The second kappa shape index (κ2) is 5.12. The van der Waals surface area contributed by atoms with Crippen LogP contribution < -0.4 is 15.4 Å². The summed E-state index contributed by atoms with van der Waals surface area (Å²) in [6, 6.07) is 2.03. The summed E-state index contributed by atoms with van der Waals surface area (Å²) < 4.78 is 5.47. The third kappa shape index (κ3) is 2.61. The summed E-state index contributed by atoms with van der Waals surface area (Å²) in [7, 11) is 0. The quantitative estimate of drug-likeness (QED) is 0.816. The zero-order valence-corrected chi connectivity index (χ0v) is 9.59. The SMILES string of the molecule is CCCOc1ccnc(N2CCC(N)C2)n1. The molecular weight excluding hydrogens is 204 g/mol. The van der Waals surface area contributed by atoms with Gasteiger partial charge in [-0.3, -0.25) is 0 Å². The Hall–Kier alpha value is -1.36. The van der Waals surface area contributed by atoms with E-state index < -0.39 is 0 Å². The van der Waals surface area contributed by atoms with Gasteiger partial charge in [0.05, 0.1) is 6.61 Å². The number of anilines is 1. The molecule has 2 N–H and O–H groups in total. The Labute approximate surface area is 95.6 Å². The van der Waals surface area contributed by atoms with E-state index in [2.05, 4.69) is 21.8 Å². The van der Waals surface area contributed by atoms with Crippen molar-refractivity contribution < 1.29 is 4.74 Å². The second-order valence-corrected chi connectivity index (χ2v) is 4.04. The number of nitrogens with zero attached hydrogens (tertiary/aromatic N) is 3. The van der Waals surface area contributed by atoms with Gasteiger partial charge in [-0.1, -0.05) is 6.92 Å². The lowest BCUT2D eigenvalue weighted by Gasteiger charge is -2.15. The number of rotatable bonds is 4. The Kier molecular flexibility index (Phi) is 3.56. The van der Waals surface area contributed by atoms with E-state index in [1.54, 1.807) is 12.3 Å². The number of nitrogens with two attached hydrogens (primary N) is 1. The number of hydrogen-bond acceptors (Lipinski definition) is 5. The molecule has 5 heteroatoms. The maximum Gasteiger partial charge on any atom is 0.228 e. The van der Waals surface area contributed by atoms with Crippen molar-refractivity contribution in [3.63, 3.8) is 0 Å². The smallest absolute Gasteiger partial charge is 0.228 e. The molecule has 88 valence electrons. The minimum Gasteiger partial charge on any atom is -0.478 e. The molecule has 1 aromatic heterocycles. The molecule has 0 radical (unpaired) electrons. The van der Waals surface area contributed by atoms with Crippen LogP contribution in [-0.4, -0.2) is 35.7 Å². The highest BCUT2D eigenvalue weighted by molar-refractivity contribution is 5.33. The van der Waals surface area contributed by atoms with Crippen LogP contribution in [0.2, 0.25) is 0 Å². The van der Waals surface area contributed by atoms with Crippen molar-refractivity contribution in [3.8, 4) is 5.88 Å². The molecule has 0 bridgehead atoms. The van der Waals surface area contributed by atoms with Crippen LogP contribution in [0.3, 0.4) is 0 Å². The van der Waals surface area contributed by atoms with E-state index in [-0.39, 0.29) is 6.04 Å². The third-order valence-electron chi connectivity index (χ3n) is 2.58. The predicted octanol–water partition coefficient (Wildman–Crippen LogP) is 0.803. The van der Waals surface area contributed by atoms with E-state index in [0.717, 1.165) is 31.9 Å². The Morgan fingerprint density at radius 1 is 1.62 bits per heavy atom. The molecule has 0 aliphatic carbocycles. The molecule has 1 atom stereocenters. The summed E-state index contributed by atoms with van der Waals surface area (Å²) in [4.78, 5) is 10.7. The molecule has 1 aliphatic rings. The fourth-order valence-corrected chi connectivity index (χ4v) is 1.74. The number of hydrogen-bond donors (Lipinski definition) is 1. The molecular formula is C11H18N4O. The van der Waals surface area contributed by atoms with Crippen LogP contribution in [0.15, 0.2) is 12.3 Å². The monoisotopic (exact) mass is 222 g/mol. The summed E-state index contributed by atoms with van der Waals surface area (Å²) in [5.74, 6) is 1.37. The average molecular weight is 222 g/mol. The zero-order valence-electron chi connectivity index (χ0n) is 9.59. The number of aromatic nitrogens is 2. The van der Waals surface area contributed by atoms with Crippen LogP contribution in [0.1, 0.15) is 19.8 Å². The normalized spacial score (nSPS) is 20.1. The molecule has 1 fully saturated rings. The lowest BCUT2D eigenvalue weighted by molar-refractivity contribution is 0.305. The van der Waals surface area contributed by atoms with Gasteiger partial charge in [0.25, 0.3) is 0 Å². The maximum atomic E-state index is 5.85. The highest BCUT2D eigenvalue weighted by atomic mass is 16.5. The lowest BCUT2D eigenvalue weighted by Crippen LogP contribution is -2.27. The first-order chi connectivity index (χ1) is 7.79. The Morgan fingerprint density at radius 2 is 2.50 bits per heavy atom. The van der Waals surface area contributed by atoms with E-state index in [1.165, 1.54) is 0 Å². The molecule has 2 rings (SSSR count). The molecule has 0 spiro atoms. The molecule has 1 unspecified atom stereocenters. The summed E-state index contributed by atoms with van der Waals surface area (Å²) in [6.07, 6.45) is 3.72. The van der Waals surface area contributed by atoms with Crippen molar-refractivity contribution in [1.29, 1.82) is 0 Å². The van der Waals surface area contributed by atoms with Crippen LogP contribution in [0, 0.1) is 0 Å². The van der Waals surface area contributed by atoms with Crippen molar-refractivity contribution in [2.24, 2.45) is 5.73 Å². The molecule has 5 nitrogen and oxygen atoms in total. The van der Waals surface area contributed by atoms with Crippen molar-refractivity contribution in [3.05, 3.63) is 12.3 Å². The van der Waals surface area contributed by atoms with Gasteiger partial charge in [0.2, 0.25) is 11.8 Å². The van der Waals surface area contributed by atoms with Gasteiger partial charge in [-0.15, -0.1) is 0 Å². The third-order valence-corrected chi connectivity index (χ3v) is 2.58. The number of ether oxygens (including phenoxy) is 1. The summed E-state index contributed by atoms with van der Waals surface area (Å²) in [5, 5.41) is 0. The zero-order chi connectivity index (χ0) is 11.4.